The van der Waals surface area contributed by atoms with Gasteiger partial charge in [-0.25, -0.2) is 0 Å². The van der Waals surface area contributed by atoms with Gasteiger partial charge in [-0.2, -0.15) is 5.26 Å². The summed E-state index contributed by atoms with van der Waals surface area (Å²) in [6, 6.07) is 7.57. The van der Waals surface area contributed by atoms with Crippen molar-refractivity contribution in [2.75, 3.05) is 19.0 Å². The first-order valence-electron chi connectivity index (χ1n) is 5.15. The molecule has 0 bridgehead atoms. The Balaban J connectivity index is 3.18. The van der Waals surface area contributed by atoms with Gasteiger partial charge in [-0.3, -0.25) is 4.79 Å². The van der Waals surface area contributed by atoms with E-state index in [4.69, 9.17) is 11.0 Å². The predicted molar refractivity (Wildman–Crippen MR) is 68.3 cm³/mol. The first-order chi connectivity index (χ1) is 7.95. The van der Waals surface area contributed by atoms with Crippen LogP contribution in [0.5, 0.6) is 0 Å². The van der Waals surface area contributed by atoms with Crippen molar-refractivity contribution in [2.24, 2.45) is 5.73 Å². The Morgan fingerprint density at radius 2 is 2.12 bits per heavy atom. The second kappa shape index (κ2) is 5.17. The molecule has 2 N–H and O–H groups in total. The van der Waals surface area contributed by atoms with E-state index in [0.29, 0.717) is 0 Å². The van der Waals surface area contributed by atoms with Crippen LogP contribution in [-0.4, -0.2) is 20.0 Å². The second-order valence-corrected chi connectivity index (χ2v) is 3.97. The minimum Gasteiger partial charge on any atom is -0.378 e. The first kappa shape index (κ1) is 12.8. The molecule has 0 saturated heterocycles. The number of primary amides is 1. The van der Waals surface area contributed by atoms with Gasteiger partial charge in [0.2, 0.25) is 0 Å². The molecule has 1 amide bonds. The number of carbonyl (C=O) groups excluding carboxylic acids is 1. The molecule has 0 aromatic heterocycles. The summed E-state index contributed by atoms with van der Waals surface area (Å²) in [7, 11) is 3.91. The van der Waals surface area contributed by atoms with Crippen molar-refractivity contribution in [3.63, 3.8) is 0 Å². The van der Waals surface area contributed by atoms with Gasteiger partial charge in [0.25, 0.3) is 5.91 Å². The molecular formula is C13H15N3O. The van der Waals surface area contributed by atoms with E-state index < -0.39 is 5.91 Å². The van der Waals surface area contributed by atoms with Gasteiger partial charge in [0.1, 0.15) is 11.6 Å². The molecule has 17 heavy (non-hydrogen) atoms. The lowest BCUT2D eigenvalue weighted by molar-refractivity contribution is -0.114. The number of hydrogen-bond donors (Lipinski definition) is 1. The molecule has 0 aliphatic rings. The number of nitriles is 1. The number of nitrogens with two attached hydrogens (primary N) is 1. The smallest absolute Gasteiger partial charge is 0.259 e. The first-order valence-corrected chi connectivity index (χ1v) is 5.15. The minimum absolute atomic E-state index is 0.0364. The van der Waals surface area contributed by atoms with E-state index in [1.165, 1.54) is 6.08 Å². The van der Waals surface area contributed by atoms with E-state index in [2.05, 4.69) is 0 Å². The van der Waals surface area contributed by atoms with Crippen molar-refractivity contribution < 1.29 is 4.79 Å². The maximum Gasteiger partial charge on any atom is 0.259 e. The predicted octanol–water partition coefficient (Wildman–Crippen LogP) is 1.45. The lowest BCUT2D eigenvalue weighted by Crippen LogP contribution is -2.12. The molecule has 0 heterocycles. The van der Waals surface area contributed by atoms with Gasteiger partial charge in [0, 0.05) is 19.8 Å². The monoisotopic (exact) mass is 229 g/mol. The van der Waals surface area contributed by atoms with Gasteiger partial charge in [0.05, 0.1) is 0 Å². The van der Waals surface area contributed by atoms with Gasteiger partial charge in [-0.15, -0.1) is 0 Å². The van der Waals surface area contributed by atoms with E-state index >= 15 is 0 Å². The molecule has 4 nitrogen and oxygen atoms in total. The number of rotatable bonds is 3. The molecule has 1 rings (SSSR count). The number of anilines is 1. The zero-order valence-electron chi connectivity index (χ0n) is 10.2. The van der Waals surface area contributed by atoms with Crippen LogP contribution >= 0.6 is 0 Å². The highest BCUT2D eigenvalue weighted by Gasteiger charge is 2.05. The lowest BCUT2D eigenvalue weighted by atomic mass is 10.0. The Hall–Kier alpha value is -2.28. The Labute approximate surface area is 101 Å². The normalized spacial score (nSPS) is 10.8. The van der Waals surface area contributed by atoms with Gasteiger partial charge in [0.15, 0.2) is 0 Å². The average Bonchev–Trinajstić information content (AvgIpc) is 2.26. The maximum absolute atomic E-state index is 10.9. The van der Waals surface area contributed by atoms with E-state index in [0.717, 1.165) is 16.8 Å². The van der Waals surface area contributed by atoms with E-state index in [1.807, 2.05) is 44.1 Å². The molecule has 0 unspecified atom stereocenters. The van der Waals surface area contributed by atoms with E-state index in [9.17, 15) is 4.79 Å². The SMILES string of the molecule is Cc1cc(N(C)C)ccc1/C=C(\C#N)C(N)=O. The Morgan fingerprint density at radius 3 is 2.53 bits per heavy atom. The fourth-order valence-corrected chi connectivity index (χ4v) is 1.41. The molecule has 0 radical (unpaired) electrons. The Kier molecular flexibility index (Phi) is 3.89. The fraction of sp³-hybridized carbons (Fsp3) is 0.231. The van der Waals surface area contributed by atoms with Crippen LogP contribution in [0.2, 0.25) is 0 Å². The summed E-state index contributed by atoms with van der Waals surface area (Å²) in [4.78, 5) is 12.9. The highest BCUT2D eigenvalue weighted by atomic mass is 16.1. The van der Waals surface area contributed by atoms with Crippen molar-refractivity contribution in [1.29, 1.82) is 5.26 Å². The van der Waals surface area contributed by atoms with Gasteiger partial charge >= 0.3 is 0 Å². The van der Waals surface area contributed by atoms with E-state index in [1.54, 1.807) is 6.07 Å². The largest absolute Gasteiger partial charge is 0.378 e. The number of benzene rings is 1. The molecule has 1 aromatic rings. The maximum atomic E-state index is 10.9. The van der Waals surface area contributed by atoms with Crippen molar-refractivity contribution in [3.8, 4) is 6.07 Å². The quantitative estimate of drug-likeness (QED) is 0.630. The van der Waals surface area contributed by atoms with Crippen LogP contribution in [0.25, 0.3) is 6.08 Å². The summed E-state index contributed by atoms with van der Waals surface area (Å²) in [6.45, 7) is 1.93. The van der Waals surface area contributed by atoms with Crippen LogP contribution in [0.3, 0.4) is 0 Å². The third kappa shape index (κ3) is 3.08. The van der Waals surface area contributed by atoms with Crippen LogP contribution in [0, 0.1) is 18.3 Å². The number of amides is 1. The molecule has 0 atom stereocenters. The summed E-state index contributed by atoms with van der Waals surface area (Å²) in [5.74, 6) is -0.705. The molecule has 1 aromatic carbocycles. The number of carbonyl (C=O) groups is 1. The van der Waals surface area contributed by atoms with Crippen molar-refractivity contribution in [3.05, 3.63) is 34.9 Å². The van der Waals surface area contributed by atoms with Crippen LogP contribution in [0.15, 0.2) is 23.8 Å². The second-order valence-electron chi connectivity index (χ2n) is 3.97. The fourth-order valence-electron chi connectivity index (χ4n) is 1.41. The molecule has 0 fully saturated rings. The summed E-state index contributed by atoms with van der Waals surface area (Å²) in [5, 5.41) is 8.76. The molecular weight excluding hydrogens is 214 g/mol. The molecule has 0 aliphatic carbocycles. The molecule has 0 spiro atoms. The van der Waals surface area contributed by atoms with Gasteiger partial charge in [-0.05, 0) is 36.3 Å². The summed E-state index contributed by atoms with van der Waals surface area (Å²) < 4.78 is 0. The van der Waals surface area contributed by atoms with Gasteiger partial charge < -0.3 is 10.6 Å². The topological polar surface area (TPSA) is 70.1 Å². The van der Waals surface area contributed by atoms with Crippen molar-refractivity contribution >= 4 is 17.7 Å². The van der Waals surface area contributed by atoms with Crippen LogP contribution in [0.1, 0.15) is 11.1 Å². The molecule has 88 valence electrons. The zero-order valence-corrected chi connectivity index (χ0v) is 10.2. The van der Waals surface area contributed by atoms with Crippen LogP contribution in [-0.2, 0) is 4.79 Å². The Morgan fingerprint density at radius 1 is 1.47 bits per heavy atom. The zero-order chi connectivity index (χ0) is 13.0. The summed E-state index contributed by atoms with van der Waals surface area (Å²) in [6.07, 6.45) is 1.51. The Bertz CT molecular complexity index is 510. The van der Waals surface area contributed by atoms with Gasteiger partial charge in [-0.1, -0.05) is 6.07 Å². The van der Waals surface area contributed by atoms with Crippen molar-refractivity contribution in [2.45, 2.75) is 6.92 Å². The van der Waals surface area contributed by atoms with E-state index in [-0.39, 0.29) is 5.57 Å². The molecule has 4 heteroatoms. The standard InChI is InChI=1S/C13H15N3O/c1-9-6-12(16(2)3)5-4-10(9)7-11(8-14)13(15)17/h4-7H,1-3H3,(H2,15,17)/b11-7+. The highest BCUT2D eigenvalue weighted by molar-refractivity contribution is 6.00. The third-order valence-corrected chi connectivity index (χ3v) is 2.46. The molecule has 0 saturated carbocycles. The molecule has 0 aliphatic heterocycles. The van der Waals surface area contributed by atoms with Crippen LogP contribution < -0.4 is 10.6 Å². The average molecular weight is 229 g/mol. The highest BCUT2D eigenvalue weighted by Crippen LogP contribution is 2.19. The third-order valence-electron chi connectivity index (χ3n) is 2.46. The minimum atomic E-state index is -0.705. The van der Waals surface area contributed by atoms with Crippen molar-refractivity contribution in [1.82, 2.24) is 0 Å². The number of hydrogen-bond acceptors (Lipinski definition) is 3. The summed E-state index contributed by atoms with van der Waals surface area (Å²) in [5.41, 5.74) is 7.93. The number of nitrogens with zero attached hydrogens (tertiary/aromatic N) is 2. The van der Waals surface area contributed by atoms with Crippen LogP contribution in [0.4, 0.5) is 5.69 Å². The lowest BCUT2D eigenvalue weighted by Gasteiger charge is -2.14. The summed E-state index contributed by atoms with van der Waals surface area (Å²) >= 11 is 0. The number of aryl methyl sites for hydroxylation is 1.